The van der Waals surface area contributed by atoms with Crippen molar-refractivity contribution >= 4 is 5.91 Å². The van der Waals surface area contributed by atoms with Gasteiger partial charge >= 0.3 is 0 Å². The van der Waals surface area contributed by atoms with Gasteiger partial charge in [0.15, 0.2) is 0 Å². The molecule has 2 aliphatic rings. The molecule has 1 aliphatic carbocycles. The van der Waals surface area contributed by atoms with Crippen LogP contribution in [0.3, 0.4) is 0 Å². The fourth-order valence-corrected chi connectivity index (χ4v) is 1.66. The van der Waals surface area contributed by atoms with E-state index in [0.29, 0.717) is 18.6 Å². The molecule has 0 aromatic heterocycles. The number of amides is 1. The van der Waals surface area contributed by atoms with Crippen molar-refractivity contribution in [2.45, 2.75) is 18.8 Å². The summed E-state index contributed by atoms with van der Waals surface area (Å²) in [6, 6.07) is 0. The van der Waals surface area contributed by atoms with E-state index in [9.17, 15) is 13.6 Å². The van der Waals surface area contributed by atoms with Gasteiger partial charge in [0, 0.05) is 19.9 Å². The van der Waals surface area contributed by atoms with Crippen molar-refractivity contribution in [1.82, 2.24) is 5.32 Å². The molecule has 5 heteroatoms. The highest BCUT2D eigenvalue weighted by Crippen LogP contribution is 2.54. The topological polar surface area (TPSA) is 38.3 Å². The van der Waals surface area contributed by atoms with E-state index >= 15 is 0 Å². The molecule has 1 atom stereocenters. The number of carbonyl (C=O) groups excluding carboxylic acids is 1. The molecule has 1 N–H and O–H groups in total. The first-order chi connectivity index (χ1) is 6.56. The minimum absolute atomic E-state index is 0.192. The van der Waals surface area contributed by atoms with Crippen LogP contribution in [0.5, 0.6) is 0 Å². The first-order valence-electron chi connectivity index (χ1n) is 4.52. The summed E-state index contributed by atoms with van der Waals surface area (Å²) in [5.41, 5.74) is 0.384. The lowest BCUT2D eigenvalue weighted by atomic mass is 10.1. The summed E-state index contributed by atoms with van der Waals surface area (Å²) in [7, 11) is 1.48. The van der Waals surface area contributed by atoms with Crippen molar-refractivity contribution in [3.8, 4) is 0 Å². The summed E-state index contributed by atoms with van der Waals surface area (Å²) >= 11 is 0. The number of hydrogen-bond acceptors (Lipinski definition) is 2. The summed E-state index contributed by atoms with van der Waals surface area (Å²) in [4.78, 5) is 11.3. The predicted molar refractivity (Wildman–Crippen MR) is 44.7 cm³/mol. The van der Waals surface area contributed by atoms with Gasteiger partial charge in [-0.2, -0.15) is 0 Å². The summed E-state index contributed by atoms with van der Waals surface area (Å²) in [5.74, 6) is -3.63. The van der Waals surface area contributed by atoms with E-state index in [1.165, 1.54) is 7.05 Å². The van der Waals surface area contributed by atoms with E-state index in [1.807, 2.05) is 0 Å². The number of carbonyl (C=O) groups is 1. The van der Waals surface area contributed by atoms with Gasteiger partial charge in [0.2, 0.25) is 5.91 Å². The summed E-state index contributed by atoms with van der Waals surface area (Å²) in [6.07, 6.45) is 0.240. The molecule has 1 aliphatic heterocycles. The van der Waals surface area contributed by atoms with Gasteiger partial charge in [-0.05, 0) is 0 Å². The lowest BCUT2D eigenvalue weighted by Gasteiger charge is -2.04. The van der Waals surface area contributed by atoms with Crippen LogP contribution in [-0.4, -0.2) is 25.5 Å². The van der Waals surface area contributed by atoms with Crippen LogP contribution < -0.4 is 5.32 Å². The van der Waals surface area contributed by atoms with Gasteiger partial charge < -0.3 is 10.1 Å². The van der Waals surface area contributed by atoms with Crippen LogP contribution in [0.25, 0.3) is 0 Å². The maximum absolute atomic E-state index is 12.7. The molecule has 2 rings (SSSR count). The molecule has 1 fully saturated rings. The number of halogens is 2. The maximum Gasteiger partial charge on any atom is 0.259 e. The van der Waals surface area contributed by atoms with Crippen LogP contribution in [0.2, 0.25) is 0 Å². The third-order valence-electron chi connectivity index (χ3n) is 2.55. The van der Waals surface area contributed by atoms with Crippen molar-refractivity contribution in [2.24, 2.45) is 5.92 Å². The van der Waals surface area contributed by atoms with Crippen LogP contribution in [0.1, 0.15) is 12.8 Å². The van der Waals surface area contributed by atoms with Gasteiger partial charge in [-0.25, -0.2) is 8.78 Å². The van der Waals surface area contributed by atoms with Crippen LogP contribution >= 0.6 is 0 Å². The maximum atomic E-state index is 12.7. The van der Waals surface area contributed by atoms with E-state index in [2.05, 4.69) is 5.32 Å². The van der Waals surface area contributed by atoms with Gasteiger partial charge in [0.1, 0.15) is 5.76 Å². The van der Waals surface area contributed by atoms with Crippen molar-refractivity contribution in [1.29, 1.82) is 0 Å². The largest absolute Gasteiger partial charge is 0.497 e. The Hall–Kier alpha value is -1.13. The van der Waals surface area contributed by atoms with Gasteiger partial charge in [-0.15, -0.1) is 0 Å². The summed E-state index contributed by atoms with van der Waals surface area (Å²) in [5, 5.41) is 2.43. The number of likely N-dealkylation sites (N-methyl/N-ethyl adjacent to an activating group) is 1. The van der Waals surface area contributed by atoms with Crippen molar-refractivity contribution in [3.05, 3.63) is 11.3 Å². The molecule has 1 amide bonds. The number of allylic oxidation sites excluding steroid dienone is 1. The highest BCUT2D eigenvalue weighted by molar-refractivity contribution is 5.94. The third-order valence-corrected chi connectivity index (χ3v) is 2.55. The number of ether oxygens (including phenoxy) is 1. The minimum atomic E-state index is -2.67. The molecule has 0 spiro atoms. The lowest BCUT2D eigenvalue weighted by Crippen LogP contribution is -2.20. The van der Waals surface area contributed by atoms with Gasteiger partial charge in [-0.1, -0.05) is 0 Å². The molecule has 1 unspecified atom stereocenters. The molecule has 1 heterocycles. The Bertz CT molecular complexity index is 312. The molecule has 0 saturated heterocycles. The van der Waals surface area contributed by atoms with Crippen LogP contribution in [0, 0.1) is 5.92 Å². The van der Waals surface area contributed by atoms with E-state index in [1.54, 1.807) is 0 Å². The molecular formula is C9H11F2NO2. The van der Waals surface area contributed by atoms with Gasteiger partial charge in [0.05, 0.1) is 18.1 Å². The number of alkyl halides is 2. The van der Waals surface area contributed by atoms with Crippen molar-refractivity contribution in [2.75, 3.05) is 13.7 Å². The highest BCUT2D eigenvalue weighted by Gasteiger charge is 2.61. The fourth-order valence-electron chi connectivity index (χ4n) is 1.66. The normalized spacial score (nSPS) is 28.6. The van der Waals surface area contributed by atoms with Crippen LogP contribution in [0.15, 0.2) is 11.3 Å². The highest BCUT2D eigenvalue weighted by atomic mass is 19.3. The molecule has 0 bridgehead atoms. The summed E-state index contributed by atoms with van der Waals surface area (Å²) in [6.45, 7) is 0.338. The minimum Gasteiger partial charge on any atom is -0.497 e. The number of nitrogens with one attached hydrogen (secondary N) is 1. The van der Waals surface area contributed by atoms with E-state index in [-0.39, 0.29) is 18.1 Å². The van der Waals surface area contributed by atoms with Crippen molar-refractivity contribution in [3.63, 3.8) is 0 Å². The Labute approximate surface area is 80.1 Å². The summed E-state index contributed by atoms with van der Waals surface area (Å²) < 4.78 is 30.6. The third kappa shape index (κ3) is 1.36. The SMILES string of the molecule is CNC(=O)C1=C(C2CC2(F)F)OCC1. The first kappa shape index (κ1) is 9.43. The molecule has 0 radical (unpaired) electrons. The predicted octanol–water partition coefficient (Wildman–Crippen LogP) is 1.06. The monoisotopic (exact) mass is 203 g/mol. The van der Waals surface area contributed by atoms with Crippen LogP contribution in [0.4, 0.5) is 8.78 Å². The molecular weight excluding hydrogens is 192 g/mol. The Morgan fingerprint density at radius 3 is 2.79 bits per heavy atom. The molecule has 1 saturated carbocycles. The lowest BCUT2D eigenvalue weighted by molar-refractivity contribution is -0.117. The smallest absolute Gasteiger partial charge is 0.259 e. The number of rotatable bonds is 2. The second-order valence-corrected chi connectivity index (χ2v) is 3.54. The van der Waals surface area contributed by atoms with E-state index in [0.717, 1.165) is 0 Å². The standard InChI is InChI=1S/C9H11F2NO2/c1-12-8(13)5-2-3-14-7(5)6-4-9(6,10)11/h6H,2-4H2,1H3,(H,12,13). The fraction of sp³-hybridized carbons (Fsp3) is 0.667. The molecule has 78 valence electrons. The molecule has 0 aromatic rings. The Morgan fingerprint density at radius 1 is 1.64 bits per heavy atom. The quantitative estimate of drug-likeness (QED) is 0.728. The Kier molecular flexibility index (Phi) is 1.97. The first-order valence-corrected chi connectivity index (χ1v) is 4.52. The molecule has 14 heavy (non-hydrogen) atoms. The second kappa shape index (κ2) is 2.93. The second-order valence-electron chi connectivity index (χ2n) is 3.54. The molecule has 3 nitrogen and oxygen atoms in total. The zero-order valence-electron chi connectivity index (χ0n) is 7.77. The van der Waals surface area contributed by atoms with Gasteiger partial charge in [-0.3, -0.25) is 4.79 Å². The van der Waals surface area contributed by atoms with E-state index < -0.39 is 11.8 Å². The average molecular weight is 203 g/mol. The van der Waals surface area contributed by atoms with Gasteiger partial charge in [0.25, 0.3) is 5.92 Å². The number of hydrogen-bond donors (Lipinski definition) is 1. The average Bonchev–Trinajstić information content (AvgIpc) is 2.63. The van der Waals surface area contributed by atoms with Crippen molar-refractivity contribution < 1.29 is 18.3 Å². The molecule has 0 aromatic carbocycles. The Balaban J connectivity index is 2.20. The van der Waals surface area contributed by atoms with Crippen LogP contribution in [-0.2, 0) is 9.53 Å². The zero-order chi connectivity index (χ0) is 10.3. The Morgan fingerprint density at radius 2 is 2.29 bits per heavy atom. The van der Waals surface area contributed by atoms with E-state index in [4.69, 9.17) is 4.74 Å². The zero-order valence-corrected chi connectivity index (χ0v) is 7.77.